The summed E-state index contributed by atoms with van der Waals surface area (Å²) in [4.78, 5) is 30.7. The fourth-order valence-corrected chi connectivity index (χ4v) is 2.43. The fraction of sp³-hybridized carbons (Fsp3) is 0.400. The van der Waals surface area contributed by atoms with Crippen LogP contribution in [-0.2, 0) is 0 Å². The number of hydrogen-bond acceptors (Lipinski definition) is 6. The minimum absolute atomic E-state index is 0.263. The van der Waals surface area contributed by atoms with Gasteiger partial charge in [-0.2, -0.15) is 0 Å². The van der Waals surface area contributed by atoms with E-state index in [0.717, 1.165) is 19.0 Å². The van der Waals surface area contributed by atoms with Crippen LogP contribution in [0.4, 0.5) is 11.6 Å². The largest absolute Gasteiger partial charge is 0.341 e. The van der Waals surface area contributed by atoms with Gasteiger partial charge in [0, 0.05) is 25.5 Å². The van der Waals surface area contributed by atoms with Crippen molar-refractivity contribution < 1.29 is 4.79 Å². The van der Waals surface area contributed by atoms with Crippen LogP contribution in [0.15, 0.2) is 31.0 Å². The van der Waals surface area contributed by atoms with Crippen LogP contribution in [0, 0.1) is 0 Å². The summed E-state index contributed by atoms with van der Waals surface area (Å²) >= 11 is 0. The normalized spacial score (nSPS) is 15.2. The summed E-state index contributed by atoms with van der Waals surface area (Å²) in [6.07, 6.45) is 12.6. The zero-order valence-electron chi connectivity index (χ0n) is 12.3. The molecule has 114 valence electrons. The summed E-state index contributed by atoms with van der Waals surface area (Å²) in [5.74, 6) is 0.402. The minimum atomic E-state index is -0.320. The smallest absolute Gasteiger partial charge is 0.275 e. The molecule has 7 nitrogen and oxygen atoms in total. The Labute approximate surface area is 128 Å². The lowest BCUT2D eigenvalue weighted by Gasteiger charge is -2.19. The zero-order valence-corrected chi connectivity index (χ0v) is 12.3. The van der Waals surface area contributed by atoms with E-state index in [0.29, 0.717) is 5.69 Å². The monoisotopic (exact) mass is 298 g/mol. The molecule has 0 aromatic carbocycles. The fourth-order valence-electron chi connectivity index (χ4n) is 2.43. The molecular formula is C15H18N6O. The molecule has 1 aliphatic heterocycles. The molecule has 1 amide bonds. The molecule has 3 rings (SSSR count). The van der Waals surface area contributed by atoms with Crippen molar-refractivity contribution in [2.75, 3.05) is 23.3 Å². The van der Waals surface area contributed by atoms with Gasteiger partial charge in [-0.1, -0.05) is 12.8 Å². The maximum absolute atomic E-state index is 12.0. The first-order chi connectivity index (χ1) is 10.8. The van der Waals surface area contributed by atoms with Crippen molar-refractivity contribution in [3.63, 3.8) is 0 Å². The Hall–Kier alpha value is -2.57. The van der Waals surface area contributed by atoms with E-state index in [9.17, 15) is 4.79 Å². The Morgan fingerprint density at radius 2 is 1.68 bits per heavy atom. The van der Waals surface area contributed by atoms with Gasteiger partial charge < -0.3 is 10.2 Å². The number of nitrogens with zero attached hydrogens (tertiary/aromatic N) is 5. The van der Waals surface area contributed by atoms with Crippen molar-refractivity contribution in [2.45, 2.75) is 25.7 Å². The number of aromatic nitrogens is 4. The molecule has 0 radical (unpaired) electrons. The van der Waals surface area contributed by atoms with Crippen LogP contribution in [0.25, 0.3) is 0 Å². The summed E-state index contributed by atoms with van der Waals surface area (Å²) in [6, 6.07) is 0. The number of carbonyl (C=O) groups is 1. The number of rotatable bonds is 3. The zero-order chi connectivity index (χ0) is 15.2. The van der Waals surface area contributed by atoms with Crippen LogP contribution < -0.4 is 10.2 Å². The maximum atomic E-state index is 12.0. The van der Waals surface area contributed by atoms with Crippen LogP contribution in [0.2, 0.25) is 0 Å². The van der Waals surface area contributed by atoms with E-state index in [1.165, 1.54) is 44.3 Å². The van der Waals surface area contributed by atoms with Crippen LogP contribution in [0.5, 0.6) is 0 Å². The van der Waals surface area contributed by atoms with E-state index in [-0.39, 0.29) is 11.6 Å². The Balaban J connectivity index is 1.65. The van der Waals surface area contributed by atoms with Gasteiger partial charge in [-0.15, -0.1) is 0 Å². The molecule has 1 saturated heterocycles. The molecular weight excluding hydrogens is 280 g/mol. The van der Waals surface area contributed by atoms with Crippen molar-refractivity contribution >= 4 is 17.5 Å². The molecule has 7 heteroatoms. The average Bonchev–Trinajstić information content (AvgIpc) is 2.86. The highest BCUT2D eigenvalue weighted by molar-refractivity contribution is 6.02. The standard InChI is InChI=1S/C15H18N6O/c22-14(13-11-16-5-6-17-13)20-12-9-18-15(19-10-12)21-7-3-1-2-4-8-21/h5-6,9-11H,1-4,7-8H2,(H,20,22). The highest BCUT2D eigenvalue weighted by Crippen LogP contribution is 2.16. The Kier molecular flexibility index (Phi) is 4.53. The predicted molar refractivity (Wildman–Crippen MR) is 82.7 cm³/mol. The molecule has 0 aliphatic carbocycles. The van der Waals surface area contributed by atoms with E-state index in [4.69, 9.17) is 0 Å². The molecule has 1 fully saturated rings. The maximum Gasteiger partial charge on any atom is 0.275 e. The summed E-state index contributed by atoms with van der Waals surface area (Å²) in [6.45, 7) is 1.98. The predicted octanol–water partition coefficient (Wildman–Crippen LogP) is 1.90. The van der Waals surface area contributed by atoms with Gasteiger partial charge in [-0.3, -0.25) is 9.78 Å². The first-order valence-corrected chi connectivity index (χ1v) is 7.47. The summed E-state index contributed by atoms with van der Waals surface area (Å²) < 4.78 is 0. The molecule has 1 aliphatic rings. The second-order valence-electron chi connectivity index (χ2n) is 5.22. The quantitative estimate of drug-likeness (QED) is 0.931. The van der Waals surface area contributed by atoms with Gasteiger partial charge in [0.25, 0.3) is 5.91 Å². The van der Waals surface area contributed by atoms with Crippen LogP contribution in [-0.4, -0.2) is 38.9 Å². The van der Waals surface area contributed by atoms with Crippen molar-refractivity contribution in [1.29, 1.82) is 0 Å². The average molecular weight is 298 g/mol. The van der Waals surface area contributed by atoms with Gasteiger partial charge in [0.1, 0.15) is 5.69 Å². The lowest BCUT2D eigenvalue weighted by atomic mass is 10.2. The Bertz CT molecular complexity index is 608. The molecule has 0 spiro atoms. The minimum Gasteiger partial charge on any atom is -0.341 e. The second kappa shape index (κ2) is 6.93. The molecule has 0 atom stereocenters. The van der Waals surface area contributed by atoms with E-state index in [1.807, 2.05) is 0 Å². The highest BCUT2D eigenvalue weighted by atomic mass is 16.1. The molecule has 3 heterocycles. The Morgan fingerprint density at radius 3 is 2.32 bits per heavy atom. The third-order valence-electron chi connectivity index (χ3n) is 3.58. The van der Waals surface area contributed by atoms with Gasteiger partial charge in [0.05, 0.1) is 24.3 Å². The van der Waals surface area contributed by atoms with Crippen molar-refractivity contribution in [2.24, 2.45) is 0 Å². The third kappa shape index (κ3) is 3.55. The van der Waals surface area contributed by atoms with Gasteiger partial charge in [0.15, 0.2) is 0 Å². The molecule has 2 aromatic rings. The van der Waals surface area contributed by atoms with Crippen LogP contribution in [0.3, 0.4) is 0 Å². The van der Waals surface area contributed by atoms with Crippen LogP contribution in [0.1, 0.15) is 36.2 Å². The number of amides is 1. The molecule has 1 N–H and O–H groups in total. The molecule has 0 bridgehead atoms. The van der Waals surface area contributed by atoms with E-state index in [1.54, 1.807) is 12.4 Å². The van der Waals surface area contributed by atoms with Crippen LogP contribution >= 0.6 is 0 Å². The van der Waals surface area contributed by atoms with E-state index in [2.05, 4.69) is 30.2 Å². The highest BCUT2D eigenvalue weighted by Gasteiger charge is 2.13. The van der Waals surface area contributed by atoms with E-state index < -0.39 is 0 Å². The molecule has 2 aromatic heterocycles. The molecule has 22 heavy (non-hydrogen) atoms. The first kappa shape index (κ1) is 14.4. The lowest BCUT2D eigenvalue weighted by Crippen LogP contribution is -2.26. The number of nitrogens with one attached hydrogen (secondary N) is 1. The van der Waals surface area contributed by atoms with Crippen molar-refractivity contribution in [3.8, 4) is 0 Å². The van der Waals surface area contributed by atoms with Gasteiger partial charge >= 0.3 is 0 Å². The molecule has 0 unspecified atom stereocenters. The number of carbonyl (C=O) groups excluding carboxylic acids is 1. The number of hydrogen-bond donors (Lipinski definition) is 1. The van der Waals surface area contributed by atoms with Crippen molar-refractivity contribution in [3.05, 3.63) is 36.7 Å². The lowest BCUT2D eigenvalue weighted by molar-refractivity contribution is 0.102. The van der Waals surface area contributed by atoms with Crippen molar-refractivity contribution in [1.82, 2.24) is 19.9 Å². The SMILES string of the molecule is O=C(Nc1cnc(N2CCCCCC2)nc1)c1cnccn1. The molecule has 0 saturated carbocycles. The van der Waals surface area contributed by atoms with Gasteiger partial charge in [-0.05, 0) is 12.8 Å². The summed E-state index contributed by atoms with van der Waals surface area (Å²) in [5.41, 5.74) is 0.813. The summed E-state index contributed by atoms with van der Waals surface area (Å²) in [7, 11) is 0. The van der Waals surface area contributed by atoms with Gasteiger partial charge in [0.2, 0.25) is 5.95 Å². The Morgan fingerprint density at radius 1 is 0.955 bits per heavy atom. The van der Waals surface area contributed by atoms with E-state index >= 15 is 0 Å². The number of anilines is 2. The second-order valence-corrected chi connectivity index (χ2v) is 5.22. The van der Waals surface area contributed by atoms with Gasteiger partial charge in [-0.25, -0.2) is 15.0 Å². The topological polar surface area (TPSA) is 83.9 Å². The first-order valence-electron chi connectivity index (χ1n) is 7.47. The third-order valence-corrected chi connectivity index (χ3v) is 3.58. The summed E-state index contributed by atoms with van der Waals surface area (Å²) in [5, 5.41) is 2.72.